The molecule has 0 fully saturated rings. The summed E-state index contributed by atoms with van der Waals surface area (Å²) >= 11 is 0. The van der Waals surface area contributed by atoms with Gasteiger partial charge in [-0.2, -0.15) is 0 Å². The van der Waals surface area contributed by atoms with Crippen molar-refractivity contribution in [2.24, 2.45) is 4.99 Å². The summed E-state index contributed by atoms with van der Waals surface area (Å²) in [5.41, 5.74) is -0.623. The van der Waals surface area contributed by atoms with E-state index in [2.05, 4.69) is 15.6 Å². The molecule has 6 heteroatoms. The van der Waals surface area contributed by atoms with Gasteiger partial charge in [-0.05, 0) is 20.3 Å². The second-order valence-electron chi connectivity index (χ2n) is 5.33. The minimum absolute atomic E-state index is 0.174. The van der Waals surface area contributed by atoms with E-state index < -0.39 is 17.2 Å². The maximum atomic E-state index is 13.1. The van der Waals surface area contributed by atoms with Crippen LogP contribution in [0.3, 0.4) is 0 Å². The molecule has 0 aliphatic carbocycles. The Morgan fingerprint density at radius 2 is 2.00 bits per heavy atom. The van der Waals surface area contributed by atoms with Crippen molar-refractivity contribution in [3.05, 3.63) is 29.8 Å². The molecule has 0 radical (unpaired) electrons. The first-order valence-electron chi connectivity index (χ1n) is 6.62. The number of ether oxygens (including phenoxy) is 1. The Hall–Kier alpha value is -1.85. The fraction of sp³-hybridized carbons (Fsp3) is 0.500. The topological polar surface area (TPSA) is 45.7 Å². The molecule has 0 bridgehead atoms. The number of halogens is 2. The molecule has 2 N–H and O–H groups in total. The molecular formula is C14H19F2N3O. The summed E-state index contributed by atoms with van der Waals surface area (Å²) < 4.78 is 31.9. The molecule has 1 aromatic carbocycles. The maximum absolute atomic E-state index is 13.1. The van der Waals surface area contributed by atoms with Gasteiger partial charge in [0.2, 0.25) is 0 Å². The van der Waals surface area contributed by atoms with Gasteiger partial charge in [-0.1, -0.05) is 0 Å². The van der Waals surface area contributed by atoms with Crippen LogP contribution in [0.4, 0.5) is 8.78 Å². The van der Waals surface area contributed by atoms with Crippen LogP contribution in [0, 0.1) is 11.6 Å². The molecule has 0 unspecified atom stereocenters. The van der Waals surface area contributed by atoms with Crippen molar-refractivity contribution in [2.45, 2.75) is 25.9 Å². The first-order chi connectivity index (χ1) is 9.44. The fourth-order valence-corrected chi connectivity index (χ4v) is 1.89. The normalized spacial score (nSPS) is 15.3. The lowest BCUT2D eigenvalue weighted by Crippen LogP contribution is -2.48. The zero-order valence-electron chi connectivity index (χ0n) is 11.7. The lowest BCUT2D eigenvalue weighted by Gasteiger charge is -2.28. The van der Waals surface area contributed by atoms with Crippen molar-refractivity contribution in [1.29, 1.82) is 0 Å². The van der Waals surface area contributed by atoms with Crippen molar-refractivity contribution in [3.63, 3.8) is 0 Å². The van der Waals surface area contributed by atoms with Gasteiger partial charge in [0.05, 0.1) is 6.54 Å². The van der Waals surface area contributed by atoms with Crippen LogP contribution in [0.5, 0.6) is 5.75 Å². The van der Waals surface area contributed by atoms with Crippen molar-refractivity contribution in [3.8, 4) is 5.75 Å². The Morgan fingerprint density at radius 1 is 1.30 bits per heavy atom. The van der Waals surface area contributed by atoms with E-state index in [-0.39, 0.29) is 5.75 Å². The van der Waals surface area contributed by atoms with E-state index >= 15 is 0 Å². The molecule has 1 aliphatic heterocycles. The van der Waals surface area contributed by atoms with Crippen LogP contribution in [0.1, 0.15) is 20.3 Å². The highest BCUT2D eigenvalue weighted by Gasteiger charge is 2.21. The second kappa shape index (κ2) is 6.07. The van der Waals surface area contributed by atoms with E-state index in [1.807, 2.05) is 13.8 Å². The average molecular weight is 283 g/mol. The molecule has 4 nitrogen and oxygen atoms in total. The zero-order valence-corrected chi connectivity index (χ0v) is 11.7. The van der Waals surface area contributed by atoms with Gasteiger partial charge in [-0.15, -0.1) is 0 Å². The molecule has 0 amide bonds. The van der Waals surface area contributed by atoms with Gasteiger partial charge in [0.15, 0.2) is 5.96 Å². The first kappa shape index (κ1) is 14.6. The molecule has 2 rings (SSSR count). The Kier molecular flexibility index (Phi) is 4.42. The maximum Gasteiger partial charge on any atom is 0.191 e. The molecule has 0 aromatic heterocycles. The monoisotopic (exact) mass is 283 g/mol. The SMILES string of the molecule is CC(C)(CNC1=NCCCN1)Oc1cc(F)cc(F)c1. The summed E-state index contributed by atoms with van der Waals surface area (Å²) in [6.07, 6.45) is 1.02. The summed E-state index contributed by atoms with van der Waals surface area (Å²) in [7, 11) is 0. The fourth-order valence-electron chi connectivity index (χ4n) is 1.89. The number of guanidine groups is 1. The summed E-state index contributed by atoms with van der Waals surface area (Å²) in [5, 5.41) is 6.27. The number of aliphatic imine (C=N–C) groups is 1. The number of hydrogen-bond donors (Lipinski definition) is 2. The Balaban J connectivity index is 1.94. The van der Waals surface area contributed by atoms with Crippen LogP contribution < -0.4 is 15.4 Å². The third kappa shape index (κ3) is 4.36. The van der Waals surface area contributed by atoms with Gasteiger partial charge in [-0.25, -0.2) is 8.78 Å². The van der Waals surface area contributed by atoms with E-state index in [1.54, 1.807) is 0 Å². The Bertz CT molecular complexity index is 483. The summed E-state index contributed by atoms with van der Waals surface area (Å²) in [4.78, 5) is 4.29. The van der Waals surface area contributed by atoms with E-state index in [1.165, 1.54) is 12.1 Å². The predicted octanol–water partition coefficient (Wildman–Crippen LogP) is 2.06. The molecule has 20 heavy (non-hydrogen) atoms. The number of hydrogen-bond acceptors (Lipinski definition) is 4. The summed E-state index contributed by atoms with van der Waals surface area (Å²) in [6, 6.07) is 3.15. The lowest BCUT2D eigenvalue weighted by molar-refractivity contribution is 0.112. The van der Waals surface area contributed by atoms with Crippen LogP contribution in [-0.2, 0) is 0 Å². The van der Waals surface area contributed by atoms with Gasteiger partial charge >= 0.3 is 0 Å². The minimum atomic E-state index is -0.651. The van der Waals surface area contributed by atoms with Crippen LogP contribution >= 0.6 is 0 Å². The highest BCUT2D eigenvalue weighted by atomic mass is 19.1. The number of benzene rings is 1. The third-order valence-corrected chi connectivity index (χ3v) is 2.81. The number of nitrogens with one attached hydrogen (secondary N) is 2. The molecule has 1 aliphatic rings. The van der Waals surface area contributed by atoms with Crippen molar-refractivity contribution >= 4 is 5.96 Å². The minimum Gasteiger partial charge on any atom is -0.486 e. The average Bonchev–Trinajstić information content (AvgIpc) is 2.36. The van der Waals surface area contributed by atoms with E-state index in [0.29, 0.717) is 6.54 Å². The van der Waals surface area contributed by atoms with Crippen LogP contribution in [0.2, 0.25) is 0 Å². The molecule has 0 atom stereocenters. The quantitative estimate of drug-likeness (QED) is 0.889. The van der Waals surface area contributed by atoms with Crippen molar-refractivity contribution in [2.75, 3.05) is 19.6 Å². The van der Waals surface area contributed by atoms with Crippen molar-refractivity contribution < 1.29 is 13.5 Å². The smallest absolute Gasteiger partial charge is 0.191 e. The van der Waals surface area contributed by atoms with Crippen LogP contribution in [-0.4, -0.2) is 31.2 Å². The number of nitrogens with zero attached hydrogens (tertiary/aromatic N) is 1. The molecular weight excluding hydrogens is 264 g/mol. The molecule has 0 spiro atoms. The lowest BCUT2D eigenvalue weighted by atomic mass is 10.1. The molecule has 110 valence electrons. The second-order valence-corrected chi connectivity index (χ2v) is 5.33. The van der Waals surface area contributed by atoms with Crippen LogP contribution in [0.15, 0.2) is 23.2 Å². The highest BCUT2D eigenvalue weighted by Crippen LogP contribution is 2.20. The van der Waals surface area contributed by atoms with E-state index in [0.717, 1.165) is 31.5 Å². The third-order valence-electron chi connectivity index (χ3n) is 2.81. The zero-order chi connectivity index (χ0) is 14.6. The van der Waals surface area contributed by atoms with Gasteiger partial charge in [0, 0.05) is 31.3 Å². The largest absolute Gasteiger partial charge is 0.486 e. The molecule has 1 aromatic rings. The van der Waals surface area contributed by atoms with E-state index in [9.17, 15) is 8.78 Å². The Labute approximate surface area is 117 Å². The molecule has 1 heterocycles. The molecule has 0 saturated heterocycles. The highest BCUT2D eigenvalue weighted by molar-refractivity contribution is 5.80. The van der Waals surface area contributed by atoms with Gasteiger partial charge in [-0.3, -0.25) is 4.99 Å². The van der Waals surface area contributed by atoms with E-state index in [4.69, 9.17) is 4.74 Å². The number of rotatable bonds is 4. The van der Waals surface area contributed by atoms with Crippen LogP contribution in [0.25, 0.3) is 0 Å². The van der Waals surface area contributed by atoms with Gasteiger partial charge in [0.1, 0.15) is 23.0 Å². The van der Waals surface area contributed by atoms with Gasteiger partial charge in [0.25, 0.3) is 0 Å². The molecule has 0 saturated carbocycles. The summed E-state index contributed by atoms with van der Waals surface area (Å²) in [5.74, 6) is -0.393. The first-order valence-corrected chi connectivity index (χ1v) is 6.62. The van der Waals surface area contributed by atoms with Crippen molar-refractivity contribution in [1.82, 2.24) is 10.6 Å². The van der Waals surface area contributed by atoms with Gasteiger partial charge < -0.3 is 15.4 Å². The summed E-state index contributed by atoms with van der Waals surface area (Å²) in [6.45, 7) is 5.84. The standard InChI is InChI=1S/C14H19F2N3O/c1-14(2,9-19-13-17-4-3-5-18-13)20-12-7-10(15)6-11(16)8-12/h6-8H,3-5,9H2,1-2H3,(H2,17,18,19). The Morgan fingerprint density at radius 3 is 2.60 bits per heavy atom. The predicted molar refractivity (Wildman–Crippen MR) is 74.0 cm³/mol.